The highest BCUT2D eigenvalue weighted by Crippen LogP contribution is 2.32. The summed E-state index contributed by atoms with van der Waals surface area (Å²) in [6.45, 7) is 1.76. The molecular weight excluding hydrogens is 276 g/mol. The maximum Gasteiger partial charge on any atom is 0.419 e. The molecule has 106 valence electrons. The number of aromatic nitrogens is 2. The maximum absolute atomic E-state index is 13.5. The lowest BCUT2D eigenvalue weighted by Gasteiger charge is -2.09. The molecule has 1 heterocycles. The third kappa shape index (κ3) is 2.87. The number of aromatic amines is 1. The summed E-state index contributed by atoms with van der Waals surface area (Å²) in [6.07, 6.45) is -4.30. The molecule has 0 spiro atoms. The second-order valence-corrected chi connectivity index (χ2v) is 4.12. The Morgan fingerprint density at radius 2 is 1.95 bits per heavy atom. The molecule has 3 nitrogen and oxygen atoms in total. The third-order valence-electron chi connectivity index (χ3n) is 2.70. The fraction of sp³-hybridized carbons (Fsp3) is 0.231. The average molecular weight is 286 g/mol. The summed E-state index contributed by atoms with van der Waals surface area (Å²) >= 11 is 0. The van der Waals surface area contributed by atoms with Crippen molar-refractivity contribution in [3.63, 3.8) is 0 Å². The Bertz CT molecular complexity index is 692. The van der Waals surface area contributed by atoms with Gasteiger partial charge in [0, 0.05) is 18.1 Å². The fourth-order valence-electron chi connectivity index (χ4n) is 1.73. The minimum absolute atomic E-state index is 0.122. The predicted octanol–water partition coefficient (Wildman–Crippen LogP) is 3.16. The molecule has 2 aromatic rings. The molecule has 0 aliphatic heterocycles. The van der Waals surface area contributed by atoms with Gasteiger partial charge in [-0.1, -0.05) is 13.0 Å². The summed E-state index contributed by atoms with van der Waals surface area (Å²) in [4.78, 5) is 17.9. The Morgan fingerprint density at radius 1 is 1.25 bits per heavy atom. The molecule has 0 radical (unpaired) electrons. The molecule has 1 N–H and O–H groups in total. The molecule has 0 fully saturated rings. The molecular formula is C13H10F4N2O. The standard InChI is InChI=1S/C13H10F4N2O/c1-2-11-18-10(6-12(20)19-11)7-3-4-8(9(14)5-7)13(15,16)17/h3-6H,2H2,1H3,(H,18,19,20). The predicted molar refractivity (Wildman–Crippen MR) is 64.6 cm³/mol. The van der Waals surface area contributed by atoms with E-state index < -0.39 is 23.1 Å². The SMILES string of the molecule is CCc1nc(-c2ccc(C(F)(F)F)c(F)c2)cc(=O)[nH]1. The number of hydrogen-bond donors (Lipinski definition) is 1. The van der Waals surface area contributed by atoms with E-state index in [4.69, 9.17) is 0 Å². The van der Waals surface area contributed by atoms with E-state index in [1.807, 2.05) is 0 Å². The van der Waals surface area contributed by atoms with E-state index in [1.165, 1.54) is 0 Å². The van der Waals surface area contributed by atoms with Gasteiger partial charge in [0.15, 0.2) is 0 Å². The van der Waals surface area contributed by atoms with Crippen LogP contribution in [-0.2, 0) is 12.6 Å². The van der Waals surface area contributed by atoms with E-state index in [2.05, 4.69) is 9.97 Å². The Morgan fingerprint density at radius 3 is 2.50 bits per heavy atom. The molecule has 0 amide bonds. The molecule has 0 atom stereocenters. The van der Waals surface area contributed by atoms with Gasteiger partial charge in [0.1, 0.15) is 11.6 Å². The number of benzene rings is 1. The van der Waals surface area contributed by atoms with Gasteiger partial charge < -0.3 is 4.98 Å². The smallest absolute Gasteiger partial charge is 0.311 e. The maximum atomic E-state index is 13.5. The van der Waals surface area contributed by atoms with Crippen LogP contribution in [-0.4, -0.2) is 9.97 Å². The van der Waals surface area contributed by atoms with Crippen LogP contribution in [0.5, 0.6) is 0 Å². The number of rotatable bonds is 2. The first-order valence-electron chi connectivity index (χ1n) is 5.78. The van der Waals surface area contributed by atoms with Crippen LogP contribution in [0.1, 0.15) is 18.3 Å². The van der Waals surface area contributed by atoms with Crippen LogP contribution in [0.4, 0.5) is 17.6 Å². The Labute approximate surface area is 111 Å². The molecule has 0 saturated carbocycles. The summed E-state index contributed by atoms with van der Waals surface area (Å²) in [7, 11) is 0. The van der Waals surface area contributed by atoms with Crippen LogP contribution < -0.4 is 5.56 Å². The summed E-state index contributed by atoms with van der Waals surface area (Å²) in [5, 5.41) is 0. The molecule has 1 aromatic carbocycles. The Hall–Kier alpha value is -2.18. The van der Waals surface area contributed by atoms with Crippen LogP contribution in [0.3, 0.4) is 0 Å². The summed E-state index contributed by atoms with van der Waals surface area (Å²) in [6, 6.07) is 3.57. The highest BCUT2D eigenvalue weighted by Gasteiger charge is 2.34. The zero-order valence-electron chi connectivity index (χ0n) is 10.4. The quantitative estimate of drug-likeness (QED) is 0.862. The molecule has 0 unspecified atom stereocenters. The molecule has 7 heteroatoms. The van der Waals surface area contributed by atoms with Crippen LogP contribution in [0, 0.1) is 5.82 Å². The number of nitrogens with zero attached hydrogens (tertiary/aromatic N) is 1. The van der Waals surface area contributed by atoms with Crippen LogP contribution >= 0.6 is 0 Å². The molecule has 2 rings (SSSR count). The Balaban J connectivity index is 2.52. The second kappa shape index (κ2) is 5.07. The zero-order valence-corrected chi connectivity index (χ0v) is 10.4. The first kappa shape index (κ1) is 14.2. The van der Waals surface area contributed by atoms with Crippen LogP contribution in [0.25, 0.3) is 11.3 Å². The van der Waals surface area contributed by atoms with Crippen LogP contribution in [0.2, 0.25) is 0 Å². The normalized spacial score (nSPS) is 11.7. The van der Waals surface area contributed by atoms with E-state index in [0.717, 1.165) is 18.2 Å². The number of hydrogen-bond acceptors (Lipinski definition) is 2. The summed E-state index contributed by atoms with van der Waals surface area (Å²) in [5.41, 5.74) is -1.52. The van der Waals surface area contributed by atoms with Crippen molar-refractivity contribution < 1.29 is 17.6 Å². The third-order valence-corrected chi connectivity index (χ3v) is 2.70. The number of H-pyrrole nitrogens is 1. The van der Waals surface area contributed by atoms with Crippen molar-refractivity contribution in [1.82, 2.24) is 9.97 Å². The van der Waals surface area contributed by atoms with E-state index >= 15 is 0 Å². The van der Waals surface area contributed by atoms with Gasteiger partial charge in [-0.25, -0.2) is 9.37 Å². The number of aryl methyl sites for hydroxylation is 1. The minimum atomic E-state index is -4.75. The monoisotopic (exact) mass is 286 g/mol. The lowest BCUT2D eigenvalue weighted by atomic mass is 10.1. The molecule has 0 aliphatic rings. The lowest BCUT2D eigenvalue weighted by Crippen LogP contribution is -2.11. The second-order valence-electron chi connectivity index (χ2n) is 4.12. The fourth-order valence-corrected chi connectivity index (χ4v) is 1.73. The van der Waals surface area contributed by atoms with Crippen molar-refractivity contribution in [2.24, 2.45) is 0 Å². The first-order valence-corrected chi connectivity index (χ1v) is 5.78. The van der Waals surface area contributed by atoms with Crippen molar-refractivity contribution >= 4 is 0 Å². The number of alkyl halides is 3. The van der Waals surface area contributed by atoms with Gasteiger partial charge in [-0.15, -0.1) is 0 Å². The van der Waals surface area contributed by atoms with E-state index in [9.17, 15) is 22.4 Å². The highest BCUT2D eigenvalue weighted by atomic mass is 19.4. The first-order chi connectivity index (χ1) is 9.31. The average Bonchev–Trinajstić information content (AvgIpc) is 2.36. The largest absolute Gasteiger partial charge is 0.419 e. The molecule has 0 aliphatic carbocycles. The van der Waals surface area contributed by atoms with Gasteiger partial charge in [0.25, 0.3) is 5.56 Å². The van der Waals surface area contributed by atoms with Crippen molar-refractivity contribution in [3.05, 3.63) is 51.8 Å². The van der Waals surface area contributed by atoms with E-state index in [1.54, 1.807) is 6.92 Å². The van der Waals surface area contributed by atoms with Crippen molar-refractivity contribution in [1.29, 1.82) is 0 Å². The van der Waals surface area contributed by atoms with Gasteiger partial charge in [0.2, 0.25) is 0 Å². The van der Waals surface area contributed by atoms with E-state index in [-0.39, 0.29) is 11.3 Å². The van der Waals surface area contributed by atoms with Gasteiger partial charge >= 0.3 is 6.18 Å². The number of nitrogens with one attached hydrogen (secondary N) is 1. The van der Waals surface area contributed by atoms with Gasteiger partial charge in [-0.05, 0) is 12.1 Å². The van der Waals surface area contributed by atoms with Crippen molar-refractivity contribution in [3.8, 4) is 11.3 Å². The van der Waals surface area contributed by atoms with Crippen molar-refractivity contribution in [2.45, 2.75) is 19.5 Å². The lowest BCUT2D eigenvalue weighted by molar-refractivity contribution is -0.139. The summed E-state index contributed by atoms with van der Waals surface area (Å²) < 4.78 is 50.8. The van der Waals surface area contributed by atoms with Gasteiger partial charge in [-0.2, -0.15) is 13.2 Å². The zero-order chi connectivity index (χ0) is 14.9. The topological polar surface area (TPSA) is 45.8 Å². The minimum Gasteiger partial charge on any atom is -0.311 e. The molecule has 20 heavy (non-hydrogen) atoms. The molecule has 0 bridgehead atoms. The van der Waals surface area contributed by atoms with Gasteiger partial charge in [-0.3, -0.25) is 4.79 Å². The molecule has 1 aromatic heterocycles. The van der Waals surface area contributed by atoms with Gasteiger partial charge in [0.05, 0.1) is 11.3 Å². The van der Waals surface area contributed by atoms with Crippen molar-refractivity contribution in [2.75, 3.05) is 0 Å². The number of halogens is 4. The summed E-state index contributed by atoms with van der Waals surface area (Å²) in [5.74, 6) is -1.01. The van der Waals surface area contributed by atoms with Crippen LogP contribution in [0.15, 0.2) is 29.1 Å². The molecule has 0 saturated heterocycles. The Kier molecular flexibility index (Phi) is 3.61. The highest BCUT2D eigenvalue weighted by molar-refractivity contribution is 5.59. The van der Waals surface area contributed by atoms with E-state index in [0.29, 0.717) is 18.3 Å².